The third-order valence-corrected chi connectivity index (χ3v) is 3.45. The van der Waals surface area contributed by atoms with Gasteiger partial charge >= 0.3 is 0 Å². The number of unbranched alkanes of at least 4 members (excludes halogenated alkanes) is 1. The van der Waals surface area contributed by atoms with E-state index >= 15 is 0 Å². The second-order valence-corrected chi connectivity index (χ2v) is 4.52. The highest BCUT2D eigenvalue weighted by Crippen LogP contribution is 2.29. The Balaban J connectivity index is 2.47. The number of fused-ring (bicyclic) bond motifs is 1. The molecule has 1 aromatic carbocycles. The first-order valence-electron chi connectivity index (χ1n) is 5.07. The minimum absolute atomic E-state index is 0.948. The average Bonchev–Trinajstić information content (AvgIpc) is 2.64. The van der Waals surface area contributed by atoms with Gasteiger partial charge in [-0.15, -0.1) is 11.3 Å². The lowest BCUT2D eigenvalue weighted by Gasteiger charge is -2.06. The average molecular weight is 205 g/mol. The zero-order valence-corrected chi connectivity index (χ0v) is 9.23. The Morgan fingerprint density at radius 1 is 1.29 bits per heavy atom. The molecule has 1 aromatic heterocycles. The van der Waals surface area contributed by atoms with Crippen LogP contribution in [0.4, 0.5) is 5.69 Å². The SMILES string of the molecule is CCCCc1c(N)ccc2sccc12. The van der Waals surface area contributed by atoms with Crippen LogP contribution in [0.25, 0.3) is 10.1 Å². The largest absolute Gasteiger partial charge is 0.398 e. The molecule has 14 heavy (non-hydrogen) atoms. The van der Waals surface area contributed by atoms with Crippen molar-refractivity contribution in [1.29, 1.82) is 0 Å². The molecule has 0 aliphatic carbocycles. The quantitative estimate of drug-likeness (QED) is 0.757. The molecule has 0 radical (unpaired) electrons. The van der Waals surface area contributed by atoms with Crippen LogP contribution in [-0.2, 0) is 6.42 Å². The van der Waals surface area contributed by atoms with Crippen molar-refractivity contribution in [2.45, 2.75) is 26.2 Å². The van der Waals surface area contributed by atoms with Gasteiger partial charge in [-0.25, -0.2) is 0 Å². The molecule has 0 unspecified atom stereocenters. The van der Waals surface area contributed by atoms with E-state index in [9.17, 15) is 0 Å². The molecule has 0 aliphatic rings. The van der Waals surface area contributed by atoms with Gasteiger partial charge in [0.1, 0.15) is 0 Å². The number of anilines is 1. The zero-order chi connectivity index (χ0) is 9.97. The number of nitrogen functional groups attached to an aromatic ring is 1. The van der Waals surface area contributed by atoms with Gasteiger partial charge in [-0.1, -0.05) is 13.3 Å². The van der Waals surface area contributed by atoms with Gasteiger partial charge < -0.3 is 5.73 Å². The first-order chi connectivity index (χ1) is 6.83. The summed E-state index contributed by atoms with van der Waals surface area (Å²) in [4.78, 5) is 0. The molecule has 0 aliphatic heterocycles. The van der Waals surface area contributed by atoms with E-state index in [1.807, 2.05) is 6.07 Å². The summed E-state index contributed by atoms with van der Waals surface area (Å²) in [6, 6.07) is 6.33. The second kappa shape index (κ2) is 4.01. The van der Waals surface area contributed by atoms with Crippen LogP contribution < -0.4 is 5.73 Å². The van der Waals surface area contributed by atoms with E-state index in [-0.39, 0.29) is 0 Å². The van der Waals surface area contributed by atoms with Crippen LogP contribution in [0.1, 0.15) is 25.3 Å². The summed E-state index contributed by atoms with van der Waals surface area (Å²) < 4.78 is 1.35. The molecule has 2 rings (SSSR count). The van der Waals surface area contributed by atoms with E-state index in [1.165, 1.54) is 28.5 Å². The fourth-order valence-corrected chi connectivity index (χ4v) is 2.57. The Morgan fingerprint density at radius 2 is 2.14 bits per heavy atom. The van der Waals surface area contributed by atoms with Gasteiger partial charge in [0.05, 0.1) is 0 Å². The normalized spacial score (nSPS) is 10.9. The van der Waals surface area contributed by atoms with Gasteiger partial charge in [0, 0.05) is 10.4 Å². The Labute approximate surface area is 88.6 Å². The number of aryl methyl sites for hydroxylation is 1. The molecular weight excluding hydrogens is 190 g/mol. The van der Waals surface area contributed by atoms with Crippen molar-refractivity contribution in [3.05, 3.63) is 29.1 Å². The topological polar surface area (TPSA) is 26.0 Å². The van der Waals surface area contributed by atoms with Crippen LogP contribution in [0.15, 0.2) is 23.6 Å². The molecule has 0 saturated heterocycles. The first-order valence-corrected chi connectivity index (χ1v) is 5.95. The number of thiophene rings is 1. The summed E-state index contributed by atoms with van der Waals surface area (Å²) in [5.41, 5.74) is 8.28. The minimum Gasteiger partial charge on any atom is -0.398 e. The molecule has 74 valence electrons. The smallest absolute Gasteiger partial charge is 0.0353 e. The van der Waals surface area contributed by atoms with Crippen LogP contribution in [0.3, 0.4) is 0 Å². The predicted molar refractivity (Wildman–Crippen MR) is 64.8 cm³/mol. The number of nitrogens with two attached hydrogens (primary N) is 1. The number of hydrogen-bond acceptors (Lipinski definition) is 2. The lowest BCUT2D eigenvalue weighted by Crippen LogP contribution is -1.94. The Hall–Kier alpha value is -1.02. The highest BCUT2D eigenvalue weighted by atomic mass is 32.1. The van der Waals surface area contributed by atoms with E-state index in [2.05, 4.69) is 24.4 Å². The van der Waals surface area contributed by atoms with Crippen molar-refractivity contribution in [3.8, 4) is 0 Å². The first kappa shape index (κ1) is 9.53. The third kappa shape index (κ3) is 1.62. The Bertz CT molecular complexity index is 431. The molecule has 1 heterocycles. The fourth-order valence-electron chi connectivity index (χ4n) is 1.75. The number of benzene rings is 1. The maximum atomic E-state index is 5.99. The monoisotopic (exact) mass is 205 g/mol. The minimum atomic E-state index is 0.948. The highest BCUT2D eigenvalue weighted by molar-refractivity contribution is 7.17. The van der Waals surface area contributed by atoms with Crippen molar-refractivity contribution in [3.63, 3.8) is 0 Å². The molecule has 2 N–H and O–H groups in total. The van der Waals surface area contributed by atoms with Gasteiger partial charge in [0.15, 0.2) is 0 Å². The lowest BCUT2D eigenvalue weighted by atomic mass is 10.0. The van der Waals surface area contributed by atoms with Crippen LogP contribution in [0, 0.1) is 0 Å². The van der Waals surface area contributed by atoms with Gasteiger partial charge in [-0.2, -0.15) is 0 Å². The summed E-state index contributed by atoms with van der Waals surface area (Å²) in [5.74, 6) is 0. The predicted octanol–water partition coefficient (Wildman–Crippen LogP) is 3.83. The van der Waals surface area contributed by atoms with Crippen LogP contribution >= 0.6 is 11.3 Å². The fraction of sp³-hybridized carbons (Fsp3) is 0.333. The van der Waals surface area contributed by atoms with E-state index in [1.54, 1.807) is 11.3 Å². The van der Waals surface area contributed by atoms with Gasteiger partial charge in [-0.3, -0.25) is 0 Å². The van der Waals surface area contributed by atoms with E-state index < -0.39 is 0 Å². The third-order valence-electron chi connectivity index (χ3n) is 2.56. The molecule has 0 saturated carbocycles. The molecular formula is C12H15NS. The summed E-state index contributed by atoms with van der Waals surface area (Å²) in [6.45, 7) is 2.21. The van der Waals surface area contributed by atoms with Crippen molar-refractivity contribution in [2.24, 2.45) is 0 Å². The maximum absolute atomic E-state index is 5.99. The van der Waals surface area contributed by atoms with Crippen LogP contribution in [0.2, 0.25) is 0 Å². The van der Waals surface area contributed by atoms with Crippen molar-refractivity contribution in [2.75, 3.05) is 5.73 Å². The standard InChI is InChI=1S/C12H15NS/c1-2-3-4-9-10-7-8-14-12(10)6-5-11(9)13/h5-8H,2-4,13H2,1H3. The Kier molecular flexibility index (Phi) is 2.73. The van der Waals surface area contributed by atoms with Gasteiger partial charge in [0.25, 0.3) is 0 Å². The summed E-state index contributed by atoms with van der Waals surface area (Å²) in [6.07, 6.45) is 3.55. The van der Waals surface area contributed by atoms with E-state index in [4.69, 9.17) is 5.73 Å². The number of rotatable bonds is 3. The molecule has 1 nitrogen and oxygen atoms in total. The van der Waals surface area contributed by atoms with Gasteiger partial charge in [0.2, 0.25) is 0 Å². The summed E-state index contributed by atoms with van der Waals surface area (Å²) in [7, 11) is 0. The van der Waals surface area contributed by atoms with Crippen molar-refractivity contribution >= 4 is 27.1 Å². The number of hydrogen-bond donors (Lipinski definition) is 1. The summed E-state index contributed by atoms with van der Waals surface area (Å²) in [5, 5.41) is 3.49. The van der Waals surface area contributed by atoms with E-state index in [0.29, 0.717) is 0 Å². The Morgan fingerprint density at radius 3 is 2.93 bits per heavy atom. The molecule has 2 aromatic rings. The van der Waals surface area contributed by atoms with E-state index in [0.717, 1.165) is 12.1 Å². The van der Waals surface area contributed by atoms with Gasteiger partial charge in [-0.05, 0) is 47.4 Å². The maximum Gasteiger partial charge on any atom is 0.0353 e. The molecule has 2 heteroatoms. The van der Waals surface area contributed by atoms with Crippen LogP contribution in [0.5, 0.6) is 0 Å². The van der Waals surface area contributed by atoms with Crippen LogP contribution in [-0.4, -0.2) is 0 Å². The summed E-state index contributed by atoms with van der Waals surface area (Å²) >= 11 is 1.79. The molecule has 0 amide bonds. The zero-order valence-electron chi connectivity index (χ0n) is 8.42. The molecule has 0 spiro atoms. The lowest BCUT2D eigenvalue weighted by molar-refractivity contribution is 0.800. The second-order valence-electron chi connectivity index (χ2n) is 3.57. The van der Waals surface area contributed by atoms with Crippen molar-refractivity contribution in [1.82, 2.24) is 0 Å². The van der Waals surface area contributed by atoms with Crippen molar-refractivity contribution < 1.29 is 0 Å². The molecule has 0 bridgehead atoms. The molecule has 0 atom stereocenters. The highest BCUT2D eigenvalue weighted by Gasteiger charge is 2.05. The molecule has 0 fully saturated rings.